The van der Waals surface area contributed by atoms with Gasteiger partial charge in [0.05, 0.1) is 10.6 Å². The van der Waals surface area contributed by atoms with Crippen LogP contribution in [0.25, 0.3) is 22.1 Å². The van der Waals surface area contributed by atoms with E-state index in [0.717, 1.165) is 28.5 Å². The Bertz CT molecular complexity index is 1480. The first kappa shape index (κ1) is 21.7. The van der Waals surface area contributed by atoms with Gasteiger partial charge >= 0.3 is 0 Å². The number of imide groups is 1. The van der Waals surface area contributed by atoms with Gasteiger partial charge in [-0.05, 0) is 47.4 Å². The molecule has 5 rings (SSSR count). The van der Waals surface area contributed by atoms with E-state index in [1.54, 1.807) is 36.4 Å². The largest absolute Gasteiger partial charge is 0.451 e. The van der Waals surface area contributed by atoms with Crippen molar-refractivity contribution in [2.24, 2.45) is 0 Å². The first-order valence-electron chi connectivity index (χ1n) is 10.5. The lowest BCUT2D eigenvalue weighted by atomic mass is 10.0. The number of amides is 3. The Kier molecular flexibility index (Phi) is 5.73. The lowest BCUT2D eigenvalue weighted by Gasteiger charge is -2.09. The molecule has 2 N–H and O–H groups in total. The second-order valence-electron chi connectivity index (χ2n) is 7.79. The highest BCUT2D eigenvalue weighted by Crippen LogP contribution is 2.25. The Balaban J connectivity index is 1.34. The number of carbonyl (C=O) groups is 3. The average Bonchev–Trinajstić information content (AvgIpc) is 3.16. The fraction of sp³-hybridized carbons (Fsp3) is 0.0769. The zero-order chi connectivity index (χ0) is 23.7. The molecule has 0 radical (unpaired) electrons. The van der Waals surface area contributed by atoms with E-state index in [0.29, 0.717) is 23.1 Å². The molecule has 1 atom stereocenters. The smallest absolute Gasteiger partial charge is 0.291 e. The van der Waals surface area contributed by atoms with E-state index in [2.05, 4.69) is 10.6 Å². The van der Waals surface area contributed by atoms with Gasteiger partial charge in [0.2, 0.25) is 5.91 Å². The standard InChI is InChI=1S/C26H18N2O5S/c29-20-14-22(33-21-13-17(8-11-19(20)21)16-4-2-1-3-5-16)24(30)27-18-9-6-15(7-10-18)12-23-25(31)28-26(32)34-23/h1-11,13-14,23H,12H2,(H,27,30)(H,28,31,32). The summed E-state index contributed by atoms with van der Waals surface area (Å²) in [5.74, 6) is -0.938. The maximum absolute atomic E-state index is 12.8. The van der Waals surface area contributed by atoms with Gasteiger partial charge in [0, 0.05) is 11.8 Å². The number of thioether (sulfide) groups is 1. The Morgan fingerprint density at radius 3 is 2.38 bits per heavy atom. The third-order valence-corrected chi connectivity index (χ3v) is 6.44. The molecule has 1 unspecified atom stereocenters. The number of carbonyl (C=O) groups excluding carboxylic acids is 3. The van der Waals surface area contributed by atoms with Crippen molar-refractivity contribution < 1.29 is 18.8 Å². The monoisotopic (exact) mass is 470 g/mol. The molecule has 34 heavy (non-hydrogen) atoms. The summed E-state index contributed by atoms with van der Waals surface area (Å²) in [6.07, 6.45) is 0.403. The number of hydrogen-bond acceptors (Lipinski definition) is 6. The normalized spacial score (nSPS) is 15.4. The van der Waals surface area contributed by atoms with Crippen LogP contribution in [0.15, 0.2) is 88.1 Å². The minimum Gasteiger partial charge on any atom is -0.451 e. The highest BCUT2D eigenvalue weighted by Gasteiger charge is 2.31. The zero-order valence-corrected chi connectivity index (χ0v) is 18.6. The van der Waals surface area contributed by atoms with E-state index in [1.807, 2.05) is 36.4 Å². The van der Waals surface area contributed by atoms with E-state index in [-0.39, 0.29) is 22.3 Å². The van der Waals surface area contributed by atoms with Gasteiger partial charge in [0.25, 0.3) is 11.1 Å². The van der Waals surface area contributed by atoms with Gasteiger partial charge < -0.3 is 9.73 Å². The predicted octanol–water partition coefficient (Wildman–Crippen LogP) is 4.61. The summed E-state index contributed by atoms with van der Waals surface area (Å²) in [6, 6.07) is 23.1. The molecule has 7 nitrogen and oxygen atoms in total. The molecule has 0 saturated carbocycles. The first-order valence-corrected chi connectivity index (χ1v) is 11.4. The summed E-state index contributed by atoms with van der Waals surface area (Å²) in [7, 11) is 0. The Morgan fingerprint density at radius 2 is 1.68 bits per heavy atom. The number of nitrogens with one attached hydrogen (secondary N) is 2. The maximum Gasteiger partial charge on any atom is 0.291 e. The quantitative estimate of drug-likeness (QED) is 0.441. The molecular weight excluding hydrogens is 452 g/mol. The van der Waals surface area contributed by atoms with Gasteiger partial charge in [-0.25, -0.2) is 0 Å². The van der Waals surface area contributed by atoms with Gasteiger partial charge in [0.1, 0.15) is 5.58 Å². The molecule has 1 saturated heterocycles. The lowest BCUT2D eigenvalue weighted by molar-refractivity contribution is -0.118. The molecule has 3 aromatic carbocycles. The van der Waals surface area contributed by atoms with Gasteiger partial charge in [0.15, 0.2) is 11.2 Å². The van der Waals surface area contributed by atoms with Crippen molar-refractivity contribution in [1.29, 1.82) is 0 Å². The Morgan fingerprint density at radius 1 is 0.912 bits per heavy atom. The highest BCUT2D eigenvalue weighted by molar-refractivity contribution is 8.15. The van der Waals surface area contributed by atoms with Crippen LogP contribution in [-0.4, -0.2) is 22.3 Å². The Hall–Kier alpha value is -4.17. The molecule has 1 aromatic heterocycles. The van der Waals surface area contributed by atoms with Crippen molar-refractivity contribution in [2.75, 3.05) is 5.32 Å². The van der Waals surface area contributed by atoms with Crippen molar-refractivity contribution >= 4 is 45.5 Å². The highest BCUT2D eigenvalue weighted by atomic mass is 32.2. The SMILES string of the molecule is O=C1NC(=O)C(Cc2ccc(NC(=O)c3cc(=O)c4ccc(-c5ccccc5)cc4o3)cc2)S1. The van der Waals surface area contributed by atoms with Crippen LogP contribution in [0.3, 0.4) is 0 Å². The van der Waals surface area contributed by atoms with Crippen LogP contribution < -0.4 is 16.1 Å². The van der Waals surface area contributed by atoms with Crippen LogP contribution in [0.5, 0.6) is 0 Å². The fourth-order valence-corrected chi connectivity index (χ4v) is 4.60. The number of rotatable bonds is 5. The summed E-state index contributed by atoms with van der Waals surface area (Å²) in [5.41, 5.74) is 3.24. The van der Waals surface area contributed by atoms with E-state index in [9.17, 15) is 19.2 Å². The van der Waals surface area contributed by atoms with Crippen LogP contribution in [0.4, 0.5) is 10.5 Å². The number of anilines is 1. The lowest BCUT2D eigenvalue weighted by Crippen LogP contribution is -2.25. The van der Waals surface area contributed by atoms with E-state index in [4.69, 9.17) is 4.42 Å². The topological polar surface area (TPSA) is 105 Å². The van der Waals surface area contributed by atoms with Crippen molar-refractivity contribution in [3.63, 3.8) is 0 Å². The summed E-state index contributed by atoms with van der Waals surface area (Å²) >= 11 is 0.971. The summed E-state index contributed by atoms with van der Waals surface area (Å²) < 4.78 is 5.78. The maximum atomic E-state index is 12.8. The van der Waals surface area contributed by atoms with Crippen LogP contribution in [0, 0.1) is 0 Å². The second kappa shape index (κ2) is 8.99. The van der Waals surface area contributed by atoms with E-state index in [1.165, 1.54) is 6.07 Å². The number of fused-ring (bicyclic) bond motifs is 1. The van der Waals surface area contributed by atoms with E-state index < -0.39 is 11.2 Å². The summed E-state index contributed by atoms with van der Waals surface area (Å²) in [6.45, 7) is 0. The zero-order valence-electron chi connectivity index (χ0n) is 17.7. The van der Waals surface area contributed by atoms with Crippen LogP contribution in [0.2, 0.25) is 0 Å². The number of benzene rings is 3. The number of hydrogen-bond donors (Lipinski definition) is 2. The molecule has 8 heteroatoms. The molecule has 3 amide bonds. The van der Waals surface area contributed by atoms with Crippen LogP contribution >= 0.6 is 11.8 Å². The molecule has 1 fully saturated rings. The molecule has 1 aliphatic heterocycles. The van der Waals surface area contributed by atoms with Crippen molar-refractivity contribution in [2.45, 2.75) is 11.7 Å². The first-order chi connectivity index (χ1) is 16.5. The van der Waals surface area contributed by atoms with Gasteiger partial charge in [-0.3, -0.25) is 24.5 Å². The third-order valence-electron chi connectivity index (χ3n) is 5.46. The molecule has 1 aliphatic rings. The molecule has 0 spiro atoms. The second-order valence-corrected chi connectivity index (χ2v) is 8.97. The van der Waals surface area contributed by atoms with Crippen molar-refractivity contribution in [3.8, 4) is 11.1 Å². The molecule has 168 valence electrons. The summed E-state index contributed by atoms with van der Waals surface area (Å²) in [4.78, 5) is 48.4. The predicted molar refractivity (Wildman–Crippen MR) is 131 cm³/mol. The van der Waals surface area contributed by atoms with Gasteiger partial charge in [-0.15, -0.1) is 0 Å². The van der Waals surface area contributed by atoms with Gasteiger partial charge in [-0.1, -0.05) is 60.3 Å². The molecule has 2 heterocycles. The third kappa shape index (κ3) is 4.49. The fourth-order valence-electron chi connectivity index (χ4n) is 3.74. The van der Waals surface area contributed by atoms with Crippen molar-refractivity contribution in [3.05, 3.63) is 100 Å². The van der Waals surface area contributed by atoms with Crippen LogP contribution in [-0.2, 0) is 11.2 Å². The molecule has 0 bridgehead atoms. The average molecular weight is 471 g/mol. The van der Waals surface area contributed by atoms with Gasteiger partial charge in [-0.2, -0.15) is 0 Å². The summed E-state index contributed by atoms with van der Waals surface area (Å²) in [5, 5.41) is 4.59. The minimum atomic E-state index is -0.548. The minimum absolute atomic E-state index is 0.0932. The molecular formula is C26H18N2O5S. The molecule has 4 aromatic rings. The Labute approximate surface area is 198 Å². The van der Waals surface area contributed by atoms with Crippen LogP contribution in [0.1, 0.15) is 16.1 Å². The molecule has 0 aliphatic carbocycles. The van der Waals surface area contributed by atoms with Crippen molar-refractivity contribution in [1.82, 2.24) is 5.32 Å². The van der Waals surface area contributed by atoms with E-state index >= 15 is 0 Å².